The smallest absolute Gasteiger partial charge is 0.411 e. The molecule has 3 heterocycles. The fraction of sp³-hybridized carbons (Fsp3) is 0.241. The molecule has 14 heteroatoms. The minimum Gasteiger partial charge on any atom is -0.453 e. The van der Waals surface area contributed by atoms with Crippen LogP contribution in [0.1, 0.15) is 49.3 Å². The van der Waals surface area contributed by atoms with E-state index in [0.29, 0.717) is 58.2 Å². The van der Waals surface area contributed by atoms with E-state index in [2.05, 4.69) is 46.4 Å². The number of methoxy groups -OCH3 is 1. The fourth-order valence-corrected chi connectivity index (χ4v) is 4.87. The van der Waals surface area contributed by atoms with E-state index >= 15 is 0 Å². The van der Waals surface area contributed by atoms with Crippen molar-refractivity contribution in [2.75, 3.05) is 17.7 Å². The van der Waals surface area contributed by atoms with Crippen LogP contribution in [0.5, 0.6) is 0 Å². The Morgan fingerprint density at radius 3 is 2.81 bits per heavy atom. The highest BCUT2D eigenvalue weighted by molar-refractivity contribution is 6.30. The van der Waals surface area contributed by atoms with E-state index in [9.17, 15) is 14.4 Å². The van der Waals surface area contributed by atoms with Crippen molar-refractivity contribution in [1.82, 2.24) is 35.7 Å². The molecule has 2 aromatic carbocycles. The summed E-state index contributed by atoms with van der Waals surface area (Å²) in [7, 11) is 1.27. The summed E-state index contributed by atoms with van der Waals surface area (Å²) >= 11 is 6.21. The minimum absolute atomic E-state index is 0.156. The maximum Gasteiger partial charge on any atom is 0.411 e. The van der Waals surface area contributed by atoms with E-state index in [1.165, 1.54) is 24.2 Å². The van der Waals surface area contributed by atoms with Crippen molar-refractivity contribution in [2.45, 2.75) is 38.1 Å². The number of benzene rings is 2. The van der Waals surface area contributed by atoms with E-state index in [0.717, 1.165) is 18.4 Å². The van der Waals surface area contributed by atoms with Gasteiger partial charge in [-0.1, -0.05) is 24.4 Å². The van der Waals surface area contributed by atoms with Crippen LogP contribution in [0.15, 0.2) is 61.1 Å². The van der Waals surface area contributed by atoms with Gasteiger partial charge in [0, 0.05) is 34.3 Å². The summed E-state index contributed by atoms with van der Waals surface area (Å²) in [6.45, 7) is 0. The average Bonchev–Trinajstić information content (AvgIpc) is 3.54. The second kappa shape index (κ2) is 13.7. The van der Waals surface area contributed by atoms with E-state index in [1.54, 1.807) is 48.7 Å². The Hall–Kier alpha value is -5.17. The number of anilines is 2. The number of aromatic nitrogens is 6. The maximum absolute atomic E-state index is 13.2. The second-order valence-electron chi connectivity index (χ2n) is 9.75. The Morgan fingerprint density at radius 2 is 2.00 bits per heavy atom. The van der Waals surface area contributed by atoms with Crippen molar-refractivity contribution in [2.24, 2.45) is 0 Å². The molecule has 13 nitrogen and oxygen atoms in total. The zero-order chi connectivity index (χ0) is 30.2. The molecule has 1 aliphatic heterocycles. The summed E-state index contributed by atoms with van der Waals surface area (Å²) in [6, 6.07) is 11.7. The number of hydrogen-bond acceptors (Lipinski definition) is 9. The van der Waals surface area contributed by atoms with Gasteiger partial charge in [0.25, 0.3) is 0 Å². The zero-order valence-corrected chi connectivity index (χ0v) is 23.9. The summed E-state index contributed by atoms with van der Waals surface area (Å²) in [5, 5.41) is 28.9. The quantitative estimate of drug-likeness (QED) is 0.274. The average molecular weight is 602 g/mol. The summed E-state index contributed by atoms with van der Waals surface area (Å²) in [5.74, 6) is -0.469. The molecule has 1 atom stereocenters. The third-order valence-electron chi connectivity index (χ3n) is 6.79. The first-order valence-electron chi connectivity index (χ1n) is 13.5. The lowest BCUT2D eigenvalue weighted by atomic mass is 9.99. The normalized spacial score (nSPS) is 15.3. The zero-order valence-electron chi connectivity index (χ0n) is 23.2. The first-order chi connectivity index (χ1) is 20.9. The van der Waals surface area contributed by atoms with E-state index < -0.39 is 6.09 Å². The third kappa shape index (κ3) is 7.57. The highest BCUT2D eigenvalue weighted by atomic mass is 35.5. The molecular formula is C29H28ClN9O4. The lowest BCUT2D eigenvalue weighted by Gasteiger charge is -2.19. The molecule has 3 N–H and O–H groups in total. The Morgan fingerprint density at radius 1 is 1.12 bits per heavy atom. The highest BCUT2D eigenvalue weighted by Gasteiger charge is 2.19. The molecule has 0 aliphatic carbocycles. The molecule has 0 spiro atoms. The molecule has 2 bridgehead atoms. The number of carbonyl (C=O) groups is 3. The predicted molar refractivity (Wildman–Crippen MR) is 159 cm³/mol. The molecule has 0 radical (unpaired) electrons. The van der Waals surface area contributed by atoms with Crippen molar-refractivity contribution >= 4 is 47.0 Å². The van der Waals surface area contributed by atoms with Crippen molar-refractivity contribution in [3.63, 3.8) is 0 Å². The number of fused-ring (bicyclic) bond motifs is 4. The number of ether oxygens (including phenoxy) is 1. The predicted octanol–water partition coefficient (Wildman–Crippen LogP) is 4.72. The molecule has 4 aromatic rings. The second-order valence-corrected chi connectivity index (χ2v) is 10.2. The van der Waals surface area contributed by atoms with Gasteiger partial charge < -0.3 is 15.4 Å². The van der Waals surface area contributed by atoms with Gasteiger partial charge >= 0.3 is 6.09 Å². The molecule has 1 aliphatic rings. The largest absolute Gasteiger partial charge is 0.453 e. The molecule has 220 valence electrons. The SMILES string of the molecule is COC(=O)Nc1ccc2c(c1)NC(=O)CCCCCC(NC(=O)C=Cc1cc(Cl)ccc1-n1cnnn1)c1cnnc-2c1. The van der Waals surface area contributed by atoms with Gasteiger partial charge in [-0.15, -0.1) is 5.10 Å². The highest BCUT2D eigenvalue weighted by Crippen LogP contribution is 2.32. The third-order valence-corrected chi connectivity index (χ3v) is 7.03. The van der Waals surface area contributed by atoms with Gasteiger partial charge in [0.1, 0.15) is 6.33 Å². The van der Waals surface area contributed by atoms with Crippen LogP contribution >= 0.6 is 11.6 Å². The lowest BCUT2D eigenvalue weighted by Crippen LogP contribution is -2.27. The number of nitrogens with zero attached hydrogens (tertiary/aromatic N) is 6. The van der Waals surface area contributed by atoms with Gasteiger partial charge in [0.2, 0.25) is 11.8 Å². The number of nitrogens with one attached hydrogen (secondary N) is 3. The van der Waals surface area contributed by atoms with Crippen LogP contribution in [-0.4, -0.2) is 55.4 Å². The topological polar surface area (TPSA) is 166 Å². The molecular weight excluding hydrogens is 574 g/mol. The molecule has 0 saturated heterocycles. The van der Waals surface area contributed by atoms with Crippen molar-refractivity contribution in [1.29, 1.82) is 0 Å². The van der Waals surface area contributed by atoms with E-state index in [4.69, 9.17) is 11.6 Å². The molecule has 5 rings (SSSR count). The number of amides is 3. The molecule has 43 heavy (non-hydrogen) atoms. The standard InChI is InChI=1S/C29H28ClN9O4/c1-43-29(42)33-21-9-10-22-24(15-21)35-27(40)6-4-2-3-5-23(19-14-25(22)36-31-16-19)34-28(41)12-7-18-13-20(30)8-11-26(18)39-17-32-37-38-39/h7-17,23H,2-6H2,1H3,(H,33,42)(H,34,41)(H,35,40). The molecule has 3 amide bonds. The number of tetrazole rings is 1. The Bertz CT molecular complexity index is 1660. The van der Waals surface area contributed by atoms with Gasteiger partial charge in [-0.2, -0.15) is 14.9 Å². The number of hydrogen-bond donors (Lipinski definition) is 3. The molecule has 0 fully saturated rings. The van der Waals surface area contributed by atoms with Crippen LogP contribution in [0.25, 0.3) is 23.0 Å². The molecule has 2 aromatic heterocycles. The van der Waals surface area contributed by atoms with Crippen molar-refractivity contribution < 1.29 is 19.1 Å². The van der Waals surface area contributed by atoms with Gasteiger partial charge in [0.15, 0.2) is 0 Å². The first-order valence-corrected chi connectivity index (χ1v) is 13.9. The lowest BCUT2D eigenvalue weighted by molar-refractivity contribution is -0.117. The summed E-state index contributed by atoms with van der Waals surface area (Å²) in [6.07, 6.45) is 8.72. The summed E-state index contributed by atoms with van der Waals surface area (Å²) < 4.78 is 6.17. The Kier molecular flexibility index (Phi) is 9.32. The number of carbonyl (C=O) groups excluding carboxylic acids is 3. The van der Waals surface area contributed by atoms with Crippen LogP contribution in [0, 0.1) is 0 Å². The van der Waals surface area contributed by atoms with Gasteiger partial charge in [0.05, 0.1) is 36.4 Å². The monoisotopic (exact) mass is 601 g/mol. The van der Waals surface area contributed by atoms with Gasteiger partial charge in [-0.3, -0.25) is 14.9 Å². The van der Waals surface area contributed by atoms with Crippen LogP contribution in [0.2, 0.25) is 5.02 Å². The van der Waals surface area contributed by atoms with Crippen LogP contribution in [0.3, 0.4) is 0 Å². The van der Waals surface area contributed by atoms with Gasteiger partial charge in [-0.25, -0.2) is 4.79 Å². The maximum atomic E-state index is 13.2. The van der Waals surface area contributed by atoms with Crippen LogP contribution < -0.4 is 16.0 Å². The fourth-order valence-electron chi connectivity index (χ4n) is 4.69. The van der Waals surface area contributed by atoms with Crippen molar-refractivity contribution in [3.8, 4) is 16.9 Å². The summed E-state index contributed by atoms with van der Waals surface area (Å²) in [4.78, 5) is 37.6. The Balaban J connectivity index is 1.42. The number of rotatable bonds is 5. The van der Waals surface area contributed by atoms with Crippen LogP contribution in [-0.2, 0) is 14.3 Å². The molecule has 0 saturated carbocycles. The first kappa shape index (κ1) is 29.3. The molecule has 1 unspecified atom stereocenters. The Labute approximate surface area is 251 Å². The minimum atomic E-state index is -0.632. The summed E-state index contributed by atoms with van der Waals surface area (Å²) in [5.41, 5.74) is 4.10. The number of halogens is 1. The van der Waals surface area contributed by atoms with Gasteiger partial charge in [-0.05, 0) is 77.4 Å². The van der Waals surface area contributed by atoms with E-state index in [-0.39, 0.29) is 17.9 Å². The van der Waals surface area contributed by atoms with Crippen molar-refractivity contribution in [3.05, 3.63) is 77.2 Å². The van der Waals surface area contributed by atoms with E-state index in [1.807, 2.05) is 6.07 Å². The van der Waals surface area contributed by atoms with Crippen LogP contribution in [0.4, 0.5) is 16.2 Å².